The van der Waals surface area contributed by atoms with Crippen LogP contribution in [0.25, 0.3) is 0 Å². The lowest BCUT2D eigenvalue weighted by molar-refractivity contribution is -0.464. The van der Waals surface area contributed by atoms with Crippen LogP contribution in [0.15, 0.2) is 17.2 Å². The monoisotopic (exact) mass is 298 g/mol. The number of benzene rings is 1. The van der Waals surface area contributed by atoms with E-state index in [2.05, 4.69) is 5.10 Å². The second-order valence-electron chi connectivity index (χ2n) is 3.51. The molecule has 12 heteroatoms. The average Bonchev–Trinajstić information content (AvgIpc) is 2.42. The van der Waals surface area contributed by atoms with Gasteiger partial charge < -0.3 is 9.94 Å². The van der Waals surface area contributed by atoms with E-state index in [0.717, 1.165) is 19.2 Å². The molecule has 0 aliphatic rings. The summed E-state index contributed by atoms with van der Waals surface area (Å²) in [5, 5.41) is 36.2. The Labute approximate surface area is 116 Å². The van der Waals surface area contributed by atoms with Crippen molar-refractivity contribution >= 4 is 23.5 Å². The highest BCUT2D eigenvalue weighted by Gasteiger charge is 2.28. The number of rotatable bonds is 5. The number of nitrogens with zero attached hydrogens (tertiary/aromatic N) is 4. The van der Waals surface area contributed by atoms with E-state index in [-0.39, 0.29) is 10.6 Å². The molecule has 0 aliphatic heterocycles. The Morgan fingerprint density at radius 1 is 1.24 bits per heavy atom. The zero-order chi connectivity index (χ0) is 16.2. The van der Waals surface area contributed by atoms with Crippen LogP contribution in [-0.4, -0.2) is 34.0 Å². The van der Waals surface area contributed by atoms with E-state index >= 15 is 0 Å². The molecule has 0 fully saturated rings. The first-order valence-corrected chi connectivity index (χ1v) is 5.18. The fraction of sp³-hybridized carbons (Fsp3) is 0.111. The lowest BCUT2D eigenvalue weighted by atomic mass is 10.1. The summed E-state index contributed by atoms with van der Waals surface area (Å²) in [5.41, 5.74) is 8.05. The Kier molecular flexibility index (Phi) is 4.56. The Hall–Kier alpha value is -3.44. The lowest BCUT2D eigenvalue weighted by Gasteiger charge is -2.06. The van der Waals surface area contributed by atoms with Gasteiger partial charge in [-0.15, -0.1) is 9.95 Å². The van der Waals surface area contributed by atoms with E-state index in [1.54, 1.807) is 0 Å². The molecule has 0 spiro atoms. The van der Waals surface area contributed by atoms with Crippen LogP contribution in [0.4, 0.5) is 11.4 Å². The van der Waals surface area contributed by atoms with Gasteiger partial charge in [0.1, 0.15) is 0 Å². The highest BCUT2D eigenvalue weighted by Crippen LogP contribution is 2.35. The van der Waals surface area contributed by atoms with Crippen molar-refractivity contribution in [2.24, 2.45) is 16.6 Å². The largest absolute Gasteiger partial charge is 0.722 e. The predicted molar refractivity (Wildman–Crippen MR) is 70.9 cm³/mol. The molecular formula is C9H10N6O6. The summed E-state index contributed by atoms with van der Waals surface area (Å²) in [6.07, 6.45) is 0.617. The number of nitro benzene ring substituents is 2. The molecule has 21 heavy (non-hydrogen) atoms. The summed E-state index contributed by atoms with van der Waals surface area (Å²) in [6.45, 7) is 0. The van der Waals surface area contributed by atoms with Crippen molar-refractivity contribution in [1.29, 1.82) is 0 Å². The average molecular weight is 298 g/mol. The van der Waals surface area contributed by atoms with Crippen LogP contribution in [0.1, 0.15) is 5.56 Å². The third-order valence-corrected chi connectivity index (χ3v) is 2.27. The van der Waals surface area contributed by atoms with Gasteiger partial charge in [0.25, 0.3) is 5.69 Å². The van der Waals surface area contributed by atoms with E-state index in [1.807, 2.05) is 0 Å². The second kappa shape index (κ2) is 6.14. The van der Waals surface area contributed by atoms with E-state index in [1.165, 1.54) is 0 Å². The van der Waals surface area contributed by atoms with Gasteiger partial charge in [0.2, 0.25) is 0 Å². The van der Waals surface area contributed by atoms with Crippen molar-refractivity contribution in [3.05, 3.63) is 43.1 Å². The van der Waals surface area contributed by atoms with Gasteiger partial charge in [-0.2, -0.15) is 0 Å². The van der Waals surface area contributed by atoms with Crippen molar-refractivity contribution in [2.75, 3.05) is 7.11 Å². The smallest absolute Gasteiger partial charge is 0.366 e. The van der Waals surface area contributed by atoms with Crippen LogP contribution in [0.2, 0.25) is 0 Å². The number of hydrogen-bond acceptors (Lipinski definition) is 7. The number of ether oxygens (including phenoxy) is 1. The molecule has 1 aromatic carbocycles. The van der Waals surface area contributed by atoms with Gasteiger partial charge in [-0.1, -0.05) is 0 Å². The quantitative estimate of drug-likeness (QED) is 0.184. The Morgan fingerprint density at radius 3 is 2.29 bits per heavy atom. The number of guanidine groups is 1. The molecular weight excluding hydrogens is 288 g/mol. The van der Waals surface area contributed by atoms with Crippen LogP contribution >= 0.6 is 0 Å². The van der Waals surface area contributed by atoms with Crippen LogP contribution in [-0.2, 0) is 0 Å². The Morgan fingerprint density at radius 2 is 1.86 bits per heavy atom. The summed E-state index contributed by atoms with van der Waals surface area (Å²) >= 11 is 0. The van der Waals surface area contributed by atoms with Gasteiger partial charge in [0, 0.05) is 6.07 Å². The molecule has 1 aromatic rings. The van der Waals surface area contributed by atoms with Gasteiger partial charge in [-0.3, -0.25) is 31.7 Å². The molecule has 0 heterocycles. The van der Waals surface area contributed by atoms with Crippen molar-refractivity contribution in [3.63, 3.8) is 0 Å². The van der Waals surface area contributed by atoms with E-state index in [9.17, 15) is 25.4 Å². The molecule has 0 bridgehead atoms. The molecule has 0 amide bonds. The third kappa shape index (κ3) is 3.31. The van der Waals surface area contributed by atoms with Crippen molar-refractivity contribution in [3.8, 4) is 5.75 Å². The second-order valence-corrected chi connectivity index (χ2v) is 3.51. The maximum absolute atomic E-state index is 11.1. The van der Waals surface area contributed by atoms with E-state index in [0.29, 0.717) is 6.21 Å². The molecule has 0 aromatic heterocycles. The lowest BCUT2D eigenvalue weighted by Crippen LogP contribution is -2.30. The molecule has 1 rings (SSSR count). The maximum atomic E-state index is 11.1. The van der Waals surface area contributed by atoms with Crippen molar-refractivity contribution < 1.29 is 19.4 Å². The number of nitro groups is 2. The topological polar surface area (TPSA) is 186 Å². The summed E-state index contributed by atoms with van der Waals surface area (Å²) in [4.78, 5) is 20.0. The highest BCUT2D eigenvalue weighted by molar-refractivity contribution is 5.92. The first kappa shape index (κ1) is 15.6. The molecule has 12 nitrogen and oxygen atoms in total. The molecule has 0 atom stereocenters. The maximum Gasteiger partial charge on any atom is 0.366 e. The van der Waals surface area contributed by atoms with Gasteiger partial charge in [0.05, 0.1) is 23.2 Å². The number of hydrazone groups is 1. The highest BCUT2D eigenvalue weighted by atomic mass is 16.6. The van der Waals surface area contributed by atoms with Crippen molar-refractivity contribution in [1.82, 2.24) is 0 Å². The predicted octanol–water partition coefficient (Wildman–Crippen LogP) is -0.371. The molecule has 0 radical (unpaired) electrons. The zero-order valence-electron chi connectivity index (χ0n) is 10.6. The van der Waals surface area contributed by atoms with Crippen LogP contribution < -0.4 is 16.2 Å². The summed E-state index contributed by atoms with van der Waals surface area (Å²) in [5.74, 6) is -0.964. The zero-order valence-corrected chi connectivity index (χ0v) is 10.6. The fourth-order valence-corrected chi connectivity index (χ4v) is 1.39. The Balaban J connectivity index is 3.61. The standard InChI is InChI=1S/C9H10N6O6/c1-21-7-3-2-6(14(17)18)5(8(7)15(19)20)4-12-13(16)9(10)11/h2-4H,10-11H2,1H3/b12-4+. The van der Waals surface area contributed by atoms with Crippen LogP contribution in [0.3, 0.4) is 0 Å². The minimum Gasteiger partial charge on any atom is -0.722 e. The van der Waals surface area contributed by atoms with Gasteiger partial charge in [-0.25, -0.2) is 0 Å². The number of methoxy groups -OCH3 is 1. The number of nitrogens with two attached hydrogens (primary N) is 2. The molecule has 0 unspecified atom stereocenters. The van der Waals surface area contributed by atoms with Gasteiger partial charge >= 0.3 is 11.6 Å². The first-order chi connectivity index (χ1) is 9.79. The third-order valence-electron chi connectivity index (χ3n) is 2.27. The molecule has 0 aliphatic carbocycles. The fourth-order valence-electron chi connectivity index (χ4n) is 1.39. The molecule has 0 saturated carbocycles. The number of hydrogen-bond donors (Lipinski definition) is 2. The molecule has 0 saturated heterocycles. The van der Waals surface area contributed by atoms with Gasteiger partial charge in [-0.05, 0) is 6.07 Å². The van der Waals surface area contributed by atoms with Crippen LogP contribution in [0, 0.1) is 25.4 Å². The summed E-state index contributed by atoms with van der Waals surface area (Å²) < 4.78 is 4.76. The minimum atomic E-state index is -0.891. The van der Waals surface area contributed by atoms with Crippen LogP contribution in [0.5, 0.6) is 5.75 Å². The molecule has 4 N–H and O–H groups in total. The minimum absolute atomic E-state index is 0.228. The van der Waals surface area contributed by atoms with Gasteiger partial charge in [0.15, 0.2) is 11.3 Å². The Bertz CT molecular complexity index is 650. The molecule has 112 valence electrons. The normalized spacial score (nSPS) is 10.3. The van der Waals surface area contributed by atoms with E-state index < -0.39 is 32.7 Å². The summed E-state index contributed by atoms with van der Waals surface area (Å²) in [6, 6.07) is 2.05. The first-order valence-electron chi connectivity index (χ1n) is 5.18. The van der Waals surface area contributed by atoms with E-state index in [4.69, 9.17) is 16.2 Å². The van der Waals surface area contributed by atoms with Crippen molar-refractivity contribution in [2.45, 2.75) is 0 Å². The summed E-state index contributed by atoms with van der Waals surface area (Å²) in [7, 11) is 1.15. The SMILES string of the molecule is COc1ccc([N+](=O)[O-])c(/C=N/[N+]([O-])=C(N)N)c1[N+](=O)[O-].